The van der Waals surface area contributed by atoms with E-state index >= 15 is 0 Å². The number of benzene rings is 2. The molecule has 0 aliphatic carbocycles. The van der Waals surface area contributed by atoms with Crippen molar-refractivity contribution in [2.75, 3.05) is 12.8 Å². The Bertz CT molecular complexity index is 528. The zero-order chi connectivity index (χ0) is 14.3. The van der Waals surface area contributed by atoms with Gasteiger partial charge >= 0.3 is 123 Å². The van der Waals surface area contributed by atoms with Crippen molar-refractivity contribution in [1.29, 1.82) is 0 Å². The Morgan fingerprint density at radius 3 is 1.75 bits per heavy atom. The maximum absolute atomic E-state index is 2.46. The maximum atomic E-state index is 2.46. The van der Waals surface area contributed by atoms with Crippen LogP contribution in [0.15, 0.2) is 85.0 Å². The van der Waals surface area contributed by atoms with Gasteiger partial charge in [-0.3, -0.25) is 0 Å². The Balaban J connectivity index is 2.38. The minimum atomic E-state index is -1.67. The Labute approximate surface area is 123 Å². The fraction of sp³-hybridized carbons (Fsp3) is 0.158. The monoisotopic (exact) mass is 282 g/mol. The summed E-state index contributed by atoms with van der Waals surface area (Å²) in [5.74, 6) is 0. The first-order valence-corrected chi connectivity index (χ1v) is 9.87. The molecule has 0 atom stereocenters. The standard InChI is InChI=1S/C19H23P/c1-3-4-5-12-17-20(2,18-13-8-6-9-14-18)19-15-10-7-11-16-19/h3-16,20H,17H2,1-2H3/b4-3-,12-5-. The van der Waals surface area contributed by atoms with Crippen LogP contribution in [0.5, 0.6) is 0 Å². The summed E-state index contributed by atoms with van der Waals surface area (Å²) in [6.45, 7) is 4.51. The van der Waals surface area contributed by atoms with Gasteiger partial charge in [0.15, 0.2) is 0 Å². The molecule has 0 fully saturated rings. The van der Waals surface area contributed by atoms with Gasteiger partial charge in [-0.2, -0.15) is 0 Å². The first-order valence-electron chi connectivity index (χ1n) is 7.16. The summed E-state index contributed by atoms with van der Waals surface area (Å²) in [7, 11) is -1.67. The molecule has 2 rings (SSSR count). The van der Waals surface area contributed by atoms with Crippen molar-refractivity contribution >= 4 is 17.9 Å². The summed E-state index contributed by atoms with van der Waals surface area (Å²) in [4.78, 5) is 0. The van der Waals surface area contributed by atoms with E-state index in [1.54, 1.807) is 0 Å². The van der Waals surface area contributed by atoms with Crippen LogP contribution in [0.3, 0.4) is 0 Å². The first-order chi connectivity index (χ1) is 9.77. The van der Waals surface area contributed by atoms with Gasteiger partial charge in [-0.25, -0.2) is 0 Å². The van der Waals surface area contributed by atoms with Gasteiger partial charge in [0.25, 0.3) is 0 Å². The number of rotatable bonds is 5. The summed E-state index contributed by atoms with van der Waals surface area (Å²) in [5.41, 5.74) is 0. The number of hydrogen-bond donors (Lipinski definition) is 0. The average molecular weight is 282 g/mol. The van der Waals surface area contributed by atoms with E-state index in [2.05, 4.69) is 98.6 Å². The third-order valence-electron chi connectivity index (χ3n) is 3.79. The molecule has 0 spiro atoms. The molecule has 0 amide bonds. The van der Waals surface area contributed by atoms with Gasteiger partial charge in [0, 0.05) is 0 Å². The molecule has 0 radical (unpaired) electrons. The van der Waals surface area contributed by atoms with Crippen LogP contribution < -0.4 is 10.6 Å². The molecule has 20 heavy (non-hydrogen) atoms. The molecule has 0 aliphatic heterocycles. The van der Waals surface area contributed by atoms with Crippen molar-refractivity contribution in [2.24, 2.45) is 0 Å². The third-order valence-corrected chi connectivity index (χ3v) is 8.06. The normalized spacial score (nSPS) is 13.1. The minimum absolute atomic E-state index is 1.13. The van der Waals surface area contributed by atoms with Gasteiger partial charge in [0.2, 0.25) is 0 Å². The summed E-state index contributed by atoms with van der Waals surface area (Å²) in [6, 6.07) is 21.9. The summed E-state index contributed by atoms with van der Waals surface area (Å²) < 4.78 is 0. The van der Waals surface area contributed by atoms with Crippen LogP contribution in [0.4, 0.5) is 0 Å². The van der Waals surface area contributed by atoms with Gasteiger partial charge in [0.05, 0.1) is 0 Å². The molecular formula is C19H23P. The summed E-state index contributed by atoms with van der Waals surface area (Å²) in [5, 5.41) is 2.99. The molecule has 2 aromatic rings. The fourth-order valence-corrected chi connectivity index (χ4v) is 5.78. The second kappa shape index (κ2) is 7.22. The molecule has 0 bridgehead atoms. The van der Waals surface area contributed by atoms with Crippen LogP contribution in [0.25, 0.3) is 0 Å². The van der Waals surface area contributed by atoms with Gasteiger partial charge in [-0.05, 0) is 0 Å². The predicted octanol–water partition coefficient (Wildman–Crippen LogP) is 4.15. The van der Waals surface area contributed by atoms with E-state index in [1.807, 2.05) is 0 Å². The van der Waals surface area contributed by atoms with E-state index in [0.717, 1.165) is 6.16 Å². The van der Waals surface area contributed by atoms with Crippen molar-refractivity contribution in [3.63, 3.8) is 0 Å². The Kier molecular flexibility index (Phi) is 5.32. The number of hydrogen-bond acceptors (Lipinski definition) is 0. The van der Waals surface area contributed by atoms with Crippen LogP contribution in [0, 0.1) is 0 Å². The number of allylic oxidation sites excluding steroid dienone is 4. The van der Waals surface area contributed by atoms with Crippen LogP contribution in [-0.4, -0.2) is 12.8 Å². The summed E-state index contributed by atoms with van der Waals surface area (Å²) in [6.07, 6.45) is 9.78. The van der Waals surface area contributed by atoms with E-state index in [0.29, 0.717) is 0 Å². The van der Waals surface area contributed by atoms with Crippen molar-refractivity contribution in [3.05, 3.63) is 85.0 Å². The SMILES string of the molecule is C/C=C\C=C/C[PH](C)(c1ccccc1)c1ccccc1. The molecule has 0 saturated heterocycles. The molecule has 0 aromatic heterocycles. The topological polar surface area (TPSA) is 0 Å². The van der Waals surface area contributed by atoms with E-state index in [-0.39, 0.29) is 0 Å². The molecule has 0 aliphatic rings. The van der Waals surface area contributed by atoms with Crippen molar-refractivity contribution in [3.8, 4) is 0 Å². The molecular weight excluding hydrogens is 259 g/mol. The van der Waals surface area contributed by atoms with Crippen LogP contribution >= 0.6 is 7.26 Å². The molecule has 0 heterocycles. The Morgan fingerprint density at radius 2 is 1.30 bits per heavy atom. The quantitative estimate of drug-likeness (QED) is 0.571. The van der Waals surface area contributed by atoms with Gasteiger partial charge in [0.1, 0.15) is 0 Å². The van der Waals surface area contributed by atoms with E-state index in [9.17, 15) is 0 Å². The molecule has 1 heteroatoms. The zero-order valence-electron chi connectivity index (χ0n) is 12.3. The average Bonchev–Trinajstić information content (AvgIpc) is 2.53. The molecule has 2 aromatic carbocycles. The van der Waals surface area contributed by atoms with Crippen LogP contribution in [0.2, 0.25) is 0 Å². The second-order valence-corrected chi connectivity index (χ2v) is 9.45. The van der Waals surface area contributed by atoms with E-state index in [1.165, 1.54) is 10.6 Å². The molecule has 104 valence electrons. The fourth-order valence-electron chi connectivity index (χ4n) is 2.51. The van der Waals surface area contributed by atoms with E-state index in [4.69, 9.17) is 0 Å². The molecule has 0 N–H and O–H groups in total. The predicted molar refractivity (Wildman–Crippen MR) is 95.2 cm³/mol. The molecule has 0 nitrogen and oxygen atoms in total. The van der Waals surface area contributed by atoms with Gasteiger partial charge < -0.3 is 0 Å². The van der Waals surface area contributed by atoms with Crippen LogP contribution in [0.1, 0.15) is 6.92 Å². The second-order valence-electron chi connectivity index (χ2n) is 5.22. The Hall–Kier alpha value is -1.65. The molecule has 0 unspecified atom stereocenters. The van der Waals surface area contributed by atoms with Gasteiger partial charge in [-0.1, -0.05) is 0 Å². The third kappa shape index (κ3) is 3.46. The van der Waals surface area contributed by atoms with Crippen molar-refractivity contribution in [1.82, 2.24) is 0 Å². The Morgan fingerprint density at radius 1 is 0.800 bits per heavy atom. The van der Waals surface area contributed by atoms with Crippen molar-refractivity contribution in [2.45, 2.75) is 6.92 Å². The summed E-state index contributed by atoms with van der Waals surface area (Å²) >= 11 is 0. The molecule has 0 saturated carbocycles. The zero-order valence-corrected chi connectivity index (χ0v) is 13.3. The van der Waals surface area contributed by atoms with Gasteiger partial charge in [-0.15, -0.1) is 0 Å². The van der Waals surface area contributed by atoms with Crippen LogP contribution in [-0.2, 0) is 0 Å². The van der Waals surface area contributed by atoms with Crippen molar-refractivity contribution < 1.29 is 0 Å². The first kappa shape index (κ1) is 14.8. The van der Waals surface area contributed by atoms with E-state index < -0.39 is 7.26 Å².